The van der Waals surface area contributed by atoms with Crippen molar-refractivity contribution in [3.05, 3.63) is 70.0 Å². The molecule has 0 aromatic heterocycles. The molecule has 0 radical (unpaired) electrons. The largest absolute Gasteiger partial charge is 0.352 e. The smallest absolute Gasteiger partial charge is 0.251 e. The number of carbonyl (C=O) groups excluding carboxylic acids is 1. The van der Waals surface area contributed by atoms with E-state index in [1.54, 1.807) is 12.1 Å². The highest BCUT2D eigenvalue weighted by atomic mass is 19.1. The van der Waals surface area contributed by atoms with Gasteiger partial charge in [0.15, 0.2) is 0 Å². The summed E-state index contributed by atoms with van der Waals surface area (Å²) >= 11 is 0. The van der Waals surface area contributed by atoms with Gasteiger partial charge < -0.3 is 5.32 Å². The fourth-order valence-corrected chi connectivity index (χ4v) is 2.60. The molecule has 0 saturated carbocycles. The van der Waals surface area contributed by atoms with Crippen LogP contribution in [0.5, 0.6) is 0 Å². The van der Waals surface area contributed by atoms with Gasteiger partial charge in [-0.05, 0) is 56.0 Å². The second kappa shape index (κ2) is 6.53. The quantitative estimate of drug-likeness (QED) is 0.911. The Morgan fingerprint density at radius 2 is 1.62 bits per heavy atom. The van der Waals surface area contributed by atoms with Crippen LogP contribution in [0.2, 0.25) is 0 Å². The van der Waals surface area contributed by atoms with Crippen molar-refractivity contribution < 1.29 is 9.18 Å². The van der Waals surface area contributed by atoms with E-state index in [9.17, 15) is 9.18 Å². The van der Waals surface area contributed by atoms with E-state index in [0.29, 0.717) is 13.0 Å². The van der Waals surface area contributed by atoms with E-state index in [4.69, 9.17) is 0 Å². The lowest BCUT2D eigenvalue weighted by molar-refractivity contribution is 0.0953. The number of benzene rings is 2. The minimum Gasteiger partial charge on any atom is -0.352 e. The number of halogens is 1. The zero-order chi connectivity index (χ0) is 15.4. The fraction of sp³-hybridized carbons (Fsp3) is 0.278. The van der Waals surface area contributed by atoms with Crippen molar-refractivity contribution in [2.24, 2.45) is 0 Å². The van der Waals surface area contributed by atoms with Gasteiger partial charge in [-0.2, -0.15) is 0 Å². The zero-order valence-electron chi connectivity index (χ0n) is 12.7. The SMILES string of the molecule is Cc1cc(C)c(C(=O)NCCc2ccc(F)cc2)c(C)c1. The Balaban J connectivity index is 1.98. The summed E-state index contributed by atoms with van der Waals surface area (Å²) in [4.78, 5) is 12.3. The highest BCUT2D eigenvalue weighted by molar-refractivity contribution is 5.97. The van der Waals surface area contributed by atoms with E-state index < -0.39 is 0 Å². The highest BCUT2D eigenvalue weighted by Gasteiger charge is 2.12. The number of nitrogens with one attached hydrogen (secondary N) is 1. The molecule has 0 spiro atoms. The van der Waals surface area contributed by atoms with Gasteiger partial charge >= 0.3 is 0 Å². The lowest BCUT2D eigenvalue weighted by Gasteiger charge is -2.11. The topological polar surface area (TPSA) is 29.1 Å². The van der Waals surface area contributed by atoms with Gasteiger partial charge in [-0.1, -0.05) is 29.8 Å². The van der Waals surface area contributed by atoms with Crippen LogP contribution in [0.3, 0.4) is 0 Å². The molecule has 21 heavy (non-hydrogen) atoms. The molecule has 3 heteroatoms. The summed E-state index contributed by atoms with van der Waals surface area (Å²) in [5.41, 5.74) is 4.90. The molecule has 0 atom stereocenters. The Morgan fingerprint density at radius 1 is 1.05 bits per heavy atom. The van der Waals surface area contributed by atoms with Crippen molar-refractivity contribution >= 4 is 5.91 Å². The molecule has 0 unspecified atom stereocenters. The van der Waals surface area contributed by atoms with Crippen LogP contribution in [-0.2, 0) is 6.42 Å². The van der Waals surface area contributed by atoms with E-state index in [0.717, 1.165) is 27.8 Å². The number of hydrogen-bond donors (Lipinski definition) is 1. The third-order valence-electron chi connectivity index (χ3n) is 3.52. The van der Waals surface area contributed by atoms with E-state index in [-0.39, 0.29) is 11.7 Å². The monoisotopic (exact) mass is 285 g/mol. The Morgan fingerprint density at radius 3 is 2.19 bits per heavy atom. The summed E-state index contributed by atoms with van der Waals surface area (Å²) in [7, 11) is 0. The average molecular weight is 285 g/mol. The molecule has 0 fully saturated rings. The fourth-order valence-electron chi connectivity index (χ4n) is 2.60. The Labute approximate surface area is 125 Å². The molecular formula is C18H20FNO. The predicted octanol–water partition coefficient (Wildman–Crippen LogP) is 3.72. The van der Waals surface area contributed by atoms with Crippen LogP contribution < -0.4 is 5.32 Å². The van der Waals surface area contributed by atoms with E-state index >= 15 is 0 Å². The van der Waals surface area contributed by atoms with E-state index in [2.05, 4.69) is 5.32 Å². The second-order valence-corrected chi connectivity index (χ2v) is 5.41. The Kier molecular flexibility index (Phi) is 4.73. The van der Waals surface area contributed by atoms with Gasteiger partial charge in [-0.3, -0.25) is 4.79 Å². The van der Waals surface area contributed by atoms with Crippen molar-refractivity contribution in [1.82, 2.24) is 5.32 Å². The second-order valence-electron chi connectivity index (χ2n) is 5.41. The molecule has 0 heterocycles. The highest BCUT2D eigenvalue weighted by Crippen LogP contribution is 2.16. The lowest BCUT2D eigenvalue weighted by atomic mass is 9.99. The Hall–Kier alpha value is -2.16. The first kappa shape index (κ1) is 15.2. The van der Waals surface area contributed by atoms with Gasteiger partial charge in [0.05, 0.1) is 0 Å². The van der Waals surface area contributed by atoms with Crippen LogP contribution in [0.4, 0.5) is 4.39 Å². The Bertz CT molecular complexity index is 624. The molecule has 0 saturated heterocycles. The normalized spacial score (nSPS) is 10.5. The average Bonchev–Trinajstić information content (AvgIpc) is 2.40. The van der Waals surface area contributed by atoms with Crippen molar-refractivity contribution in [3.8, 4) is 0 Å². The number of aryl methyl sites for hydroxylation is 3. The third-order valence-corrected chi connectivity index (χ3v) is 3.52. The summed E-state index contributed by atoms with van der Waals surface area (Å²) < 4.78 is 12.8. The number of carbonyl (C=O) groups is 1. The molecule has 0 aliphatic heterocycles. The standard InChI is InChI=1S/C18H20FNO/c1-12-10-13(2)17(14(3)11-12)18(21)20-9-8-15-4-6-16(19)7-5-15/h4-7,10-11H,8-9H2,1-3H3,(H,20,21). The predicted molar refractivity (Wildman–Crippen MR) is 83.1 cm³/mol. The number of hydrogen-bond acceptors (Lipinski definition) is 1. The zero-order valence-corrected chi connectivity index (χ0v) is 12.7. The van der Waals surface area contributed by atoms with Gasteiger partial charge in [-0.25, -0.2) is 4.39 Å². The maximum absolute atomic E-state index is 12.8. The van der Waals surface area contributed by atoms with Crippen LogP contribution in [0, 0.1) is 26.6 Å². The van der Waals surface area contributed by atoms with Crippen LogP contribution in [0.25, 0.3) is 0 Å². The van der Waals surface area contributed by atoms with Crippen LogP contribution in [0.1, 0.15) is 32.6 Å². The molecule has 2 nitrogen and oxygen atoms in total. The first-order chi connectivity index (χ1) is 9.97. The molecule has 110 valence electrons. The summed E-state index contributed by atoms with van der Waals surface area (Å²) in [6, 6.07) is 10.4. The molecule has 2 rings (SSSR count). The van der Waals surface area contributed by atoms with E-state index in [1.807, 2.05) is 32.9 Å². The maximum atomic E-state index is 12.8. The number of rotatable bonds is 4. The van der Waals surface area contributed by atoms with Crippen molar-refractivity contribution in [2.75, 3.05) is 6.54 Å². The first-order valence-electron chi connectivity index (χ1n) is 7.08. The van der Waals surface area contributed by atoms with Gasteiger partial charge in [0.2, 0.25) is 0 Å². The van der Waals surface area contributed by atoms with E-state index in [1.165, 1.54) is 12.1 Å². The molecule has 1 N–H and O–H groups in total. The van der Waals surface area contributed by atoms with Crippen molar-refractivity contribution in [1.29, 1.82) is 0 Å². The van der Waals surface area contributed by atoms with Gasteiger partial charge in [-0.15, -0.1) is 0 Å². The lowest BCUT2D eigenvalue weighted by Crippen LogP contribution is -2.27. The molecule has 1 amide bonds. The van der Waals surface area contributed by atoms with Gasteiger partial charge in [0.1, 0.15) is 5.82 Å². The molecule has 2 aromatic carbocycles. The van der Waals surface area contributed by atoms with Crippen molar-refractivity contribution in [2.45, 2.75) is 27.2 Å². The molecule has 2 aromatic rings. The first-order valence-corrected chi connectivity index (χ1v) is 7.08. The molecular weight excluding hydrogens is 265 g/mol. The summed E-state index contributed by atoms with van der Waals surface area (Å²) in [6.45, 7) is 6.47. The molecule has 0 bridgehead atoms. The van der Waals surface area contributed by atoms with Gasteiger partial charge in [0, 0.05) is 12.1 Å². The van der Waals surface area contributed by atoms with Gasteiger partial charge in [0.25, 0.3) is 5.91 Å². The minimum atomic E-state index is -0.242. The molecule has 0 aliphatic rings. The summed E-state index contributed by atoms with van der Waals surface area (Å²) in [5, 5.41) is 2.93. The van der Waals surface area contributed by atoms with Crippen LogP contribution in [0.15, 0.2) is 36.4 Å². The summed E-state index contributed by atoms with van der Waals surface area (Å²) in [6.07, 6.45) is 0.690. The van der Waals surface area contributed by atoms with Crippen LogP contribution >= 0.6 is 0 Å². The van der Waals surface area contributed by atoms with Crippen LogP contribution in [-0.4, -0.2) is 12.5 Å². The maximum Gasteiger partial charge on any atom is 0.251 e. The summed E-state index contributed by atoms with van der Waals surface area (Å²) in [5.74, 6) is -0.291. The minimum absolute atomic E-state index is 0.0490. The third kappa shape index (κ3) is 3.91. The van der Waals surface area contributed by atoms with Crippen molar-refractivity contribution in [3.63, 3.8) is 0 Å². The number of amides is 1. The molecule has 0 aliphatic carbocycles.